The summed E-state index contributed by atoms with van der Waals surface area (Å²) in [4.78, 5) is 18.5. The molecule has 0 spiro atoms. The van der Waals surface area contributed by atoms with Crippen LogP contribution in [0.3, 0.4) is 0 Å². The first kappa shape index (κ1) is 19.9. The Bertz CT molecular complexity index is 990. The van der Waals surface area contributed by atoms with Crippen LogP contribution in [0.1, 0.15) is 27.0 Å². The zero-order chi connectivity index (χ0) is 20.3. The zero-order valence-corrected chi connectivity index (χ0v) is 15.6. The Balaban J connectivity index is 2.09. The van der Waals surface area contributed by atoms with Crippen molar-refractivity contribution < 1.29 is 18.0 Å². The number of aryl methyl sites for hydroxylation is 1. The second-order valence-corrected chi connectivity index (χ2v) is 6.64. The van der Waals surface area contributed by atoms with Crippen LogP contribution >= 0.6 is 11.6 Å². The topological polar surface area (TPSA) is 33.2 Å². The fourth-order valence-corrected chi connectivity index (χ4v) is 3.03. The van der Waals surface area contributed by atoms with Crippen LogP contribution < -0.4 is 4.90 Å². The molecule has 3 rings (SSSR count). The highest BCUT2D eigenvalue weighted by Crippen LogP contribution is 2.37. The lowest BCUT2D eigenvalue weighted by Crippen LogP contribution is -2.31. The quantitative estimate of drug-likeness (QED) is 0.541. The largest absolute Gasteiger partial charge is 0.417 e. The number of nitrogens with zero attached hydrogens (tertiary/aromatic N) is 2. The Morgan fingerprint density at radius 2 is 1.82 bits per heavy atom. The molecule has 0 atom stereocenters. The van der Waals surface area contributed by atoms with Gasteiger partial charge in [0.15, 0.2) is 0 Å². The summed E-state index contributed by atoms with van der Waals surface area (Å²) in [6.45, 7) is 1.84. The molecule has 0 aliphatic heterocycles. The molecule has 144 valence electrons. The van der Waals surface area contributed by atoms with E-state index in [4.69, 9.17) is 11.6 Å². The van der Waals surface area contributed by atoms with Gasteiger partial charge in [-0.3, -0.25) is 9.78 Å². The summed E-state index contributed by atoms with van der Waals surface area (Å²) in [6, 6.07) is 14.1. The molecule has 0 aliphatic rings. The Morgan fingerprint density at radius 3 is 2.46 bits per heavy atom. The third kappa shape index (κ3) is 4.34. The molecule has 1 amide bonds. The summed E-state index contributed by atoms with van der Waals surface area (Å²) >= 11 is 5.74. The Kier molecular flexibility index (Phi) is 5.70. The highest BCUT2D eigenvalue weighted by atomic mass is 35.5. The van der Waals surface area contributed by atoms with Crippen LogP contribution in [0.25, 0.3) is 0 Å². The molecule has 0 radical (unpaired) electrons. The molecule has 3 aromatic rings. The number of alkyl halides is 3. The van der Waals surface area contributed by atoms with E-state index in [1.165, 1.54) is 23.4 Å². The summed E-state index contributed by atoms with van der Waals surface area (Å²) in [5.74, 6) is -0.417. The van der Waals surface area contributed by atoms with Gasteiger partial charge in [-0.05, 0) is 42.3 Å². The van der Waals surface area contributed by atoms with Crippen LogP contribution in [0.5, 0.6) is 0 Å². The van der Waals surface area contributed by atoms with Gasteiger partial charge in [0.2, 0.25) is 0 Å². The van der Waals surface area contributed by atoms with E-state index in [1.54, 1.807) is 37.3 Å². The molecule has 3 nitrogen and oxygen atoms in total. The molecule has 28 heavy (non-hydrogen) atoms. The van der Waals surface area contributed by atoms with Crippen LogP contribution in [0, 0.1) is 6.92 Å². The molecule has 1 aromatic heterocycles. The van der Waals surface area contributed by atoms with Crippen LogP contribution in [-0.4, -0.2) is 10.9 Å². The van der Waals surface area contributed by atoms with Crippen molar-refractivity contribution in [2.75, 3.05) is 4.90 Å². The predicted octanol–water partition coefficient (Wildman–Crippen LogP) is 5.91. The van der Waals surface area contributed by atoms with E-state index in [-0.39, 0.29) is 12.2 Å². The minimum atomic E-state index is -4.62. The molecule has 7 heteroatoms. The molecule has 0 N–H and O–H groups in total. The van der Waals surface area contributed by atoms with Gasteiger partial charge in [-0.15, -0.1) is 0 Å². The van der Waals surface area contributed by atoms with Gasteiger partial charge in [0.25, 0.3) is 5.91 Å². The predicted molar refractivity (Wildman–Crippen MR) is 102 cm³/mol. The molecule has 0 fully saturated rings. The lowest BCUT2D eigenvalue weighted by Gasteiger charge is -2.25. The van der Waals surface area contributed by atoms with Gasteiger partial charge in [0.1, 0.15) is 0 Å². The number of rotatable bonds is 4. The van der Waals surface area contributed by atoms with Crippen molar-refractivity contribution in [3.05, 3.63) is 94.3 Å². The normalized spacial score (nSPS) is 11.3. The van der Waals surface area contributed by atoms with E-state index in [9.17, 15) is 18.0 Å². The number of halogens is 4. The molecule has 0 unspecified atom stereocenters. The monoisotopic (exact) mass is 404 g/mol. The van der Waals surface area contributed by atoms with E-state index >= 15 is 0 Å². The Morgan fingerprint density at radius 1 is 1.11 bits per heavy atom. The molecule has 1 heterocycles. The maximum Gasteiger partial charge on any atom is 0.417 e. The number of anilines is 1. The lowest BCUT2D eigenvalue weighted by molar-refractivity contribution is -0.137. The third-order valence-corrected chi connectivity index (χ3v) is 4.58. The van der Waals surface area contributed by atoms with Crippen LogP contribution in [0.4, 0.5) is 18.9 Å². The lowest BCUT2D eigenvalue weighted by atomic mass is 10.1. The number of benzene rings is 2. The maximum atomic E-state index is 13.3. The van der Waals surface area contributed by atoms with Gasteiger partial charge < -0.3 is 4.90 Å². The van der Waals surface area contributed by atoms with Crippen LogP contribution in [0.15, 0.2) is 67.0 Å². The van der Waals surface area contributed by atoms with Gasteiger partial charge >= 0.3 is 6.18 Å². The molecule has 0 bridgehead atoms. The number of hydrogen-bond donors (Lipinski definition) is 0. The minimum absolute atomic E-state index is 0.111. The number of aromatic nitrogens is 1. The molecular weight excluding hydrogens is 389 g/mol. The molecule has 0 aliphatic carbocycles. The van der Waals surface area contributed by atoms with E-state index in [0.717, 1.165) is 17.7 Å². The highest BCUT2D eigenvalue weighted by molar-refractivity contribution is 6.31. The molecule has 2 aromatic carbocycles. The van der Waals surface area contributed by atoms with Crippen molar-refractivity contribution in [1.29, 1.82) is 0 Å². The first-order valence-corrected chi connectivity index (χ1v) is 8.78. The molecular formula is C21H16ClF3N2O. The molecule has 0 saturated heterocycles. The number of pyridine rings is 1. The summed E-state index contributed by atoms with van der Waals surface area (Å²) in [5.41, 5.74) is 0.918. The Hall–Kier alpha value is -2.86. The smallest absolute Gasteiger partial charge is 0.304 e. The number of carbonyl (C=O) groups excluding carboxylic acids is 1. The van der Waals surface area contributed by atoms with Crippen molar-refractivity contribution in [3.63, 3.8) is 0 Å². The van der Waals surface area contributed by atoms with Gasteiger partial charge in [0.05, 0.1) is 17.1 Å². The van der Waals surface area contributed by atoms with Gasteiger partial charge in [0, 0.05) is 23.6 Å². The summed E-state index contributed by atoms with van der Waals surface area (Å²) in [7, 11) is 0. The zero-order valence-electron chi connectivity index (χ0n) is 14.9. The SMILES string of the molecule is Cc1cnccc1C(=O)N(Cc1ccccc1)c1ccc(Cl)c(C(F)(F)F)c1. The van der Waals surface area contributed by atoms with E-state index in [2.05, 4.69) is 4.98 Å². The summed E-state index contributed by atoms with van der Waals surface area (Å²) in [5, 5.41) is -0.413. The van der Waals surface area contributed by atoms with E-state index in [0.29, 0.717) is 11.1 Å². The second-order valence-electron chi connectivity index (χ2n) is 6.23. The fourth-order valence-electron chi connectivity index (χ4n) is 2.80. The number of hydrogen-bond acceptors (Lipinski definition) is 2. The van der Waals surface area contributed by atoms with Crippen LogP contribution in [-0.2, 0) is 12.7 Å². The van der Waals surface area contributed by atoms with Gasteiger partial charge in [-0.1, -0.05) is 41.9 Å². The average Bonchev–Trinajstić information content (AvgIpc) is 2.66. The number of amides is 1. The summed E-state index contributed by atoms with van der Waals surface area (Å²) in [6.07, 6.45) is -1.61. The minimum Gasteiger partial charge on any atom is -0.304 e. The van der Waals surface area contributed by atoms with Gasteiger partial charge in [-0.25, -0.2) is 0 Å². The average molecular weight is 405 g/mol. The fraction of sp³-hybridized carbons (Fsp3) is 0.143. The summed E-state index contributed by atoms with van der Waals surface area (Å²) < 4.78 is 39.9. The number of carbonyl (C=O) groups is 1. The van der Waals surface area contributed by atoms with Gasteiger partial charge in [-0.2, -0.15) is 13.2 Å². The van der Waals surface area contributed by atoms with E-state index < -0.39 is 22.7 Å². The van der Waals surface area contributed by atoms with Crippen molar-refractivity contribution in [3.8, 4) is 0 Å². The third-order valence-electron chi connectivity index (χ3n) is 4.25. The van der Waals surface area contributed by atoms with E-state index in [1.807, 2.05) is 6.07 Å². The first-order valence-electron chi connectivity index (χ1n) is 8.40. The maximum absolute atomic E-state index is 13.3. The second kappa shape index (κ2) is 8.02. The first-order chi connectivity index (χ1) is 13.3. The Labute approximate surface area is 165 Å². The van der Waals surface area contributed by atoms with Crippen molar-refractivity contribution in [2.24, 2.45) is 0 Å². The standard InChI is InChI=1S/C21H16ClF3N2O/c1-14-12-26-10-9-17(14)20(28)27(13-15-5-3-2-4-6-15)16-7-8-19(22)18(11-16)21(23,24)25/h2-12H,13H2,1H3. The van der Waals surface area contributed by atoms with Crippen molar-refractivity contribution >= 4 is 23.2 Å². The van der Waals surface area contributed by atoms with Crippen LogP contribution in [0.2, 0.25) is 5.02 Å². The van der Waals surface area contributed by atoms with Crippen molar-refractivity contribution in [1.82, 2.24) is 4.98 Å². The van der Waals surface area contributed by atoms with Crippen molar-refractivity contribution in [2.45, 2.75) is 19.6 Å². The molecule has 0 saturated carbocycles. The highest BCUT2D eigenvalue weighted by Gasteiger charge is 2.34.